The van der Waals surface area contributed by atoms with Crippen LogP contribution in [0.25, 0.3) is 0 Å². The molecule has 7 heteroatoms. The second kappa shape index (κ2) is 6.87. The van der Waals surface area contributed by atoms with Crippen LogP contribution in [0.1, 0.15) is 55.8 Å². The van der Waals surface area contributed by atoms with Crippen molar-refractivity contribution in [2.75, 3.05) is 11.9 Å². The molecule has 1 aliphatic carbocycles. The van der Waals surface area contributed by atoms with Crippen molar-refractivity contribution in [1.82, 2.24) is 15.5 Å². The van der Waals surface area contributed by atoms with Gasteiger partial charge in [-0.3, -0.25) is 14.4 Å². The minimum Gasteiger partial charge on any atom is -0.362 e. The lowest BCUT2D eigenvalue weighted by Gasteiger charge is -2.40. The minimum absolute atomic E-state index is 0.0435. The van der Waals surface area contributed by atoms with Crippen molar-refractivity contribution in [1.29, 1.82) is 0 Å². The summed E-state index contributed by atoms with van der Waals surface area (Å²) in [5, 5.41) is 9.52. The van der Waals surface area contributed by atoms with Gasteiger partial charge in [-0.05, 0) is 44.7 Å². The van der Waals surface area contributed by atoms with E-state index in [9.17, 15) is 14.4 Å². The SMILES string of the molecule is C[C@@H](C(=O)NC1CCC1)N1CC[C@]2(CCC1=O)NC(=O)c1ccccc1N2. The van der Waals surface area contributed by atoms with Crippen molar-refractivity contribution in [2.24, 2.45) is 0 Å². The summed E-state index contributed by atoms with van der Waals surface area (Å²) < 4.78 is 0. The first-order chi connectivity index (χ1) is 13.0. The molecule has 27 heavy (non-hydrogen) atoms. The van der Waals surface area contributed by atoms with Crippen molar-refractivity contribution in [3.05, 3.63) is 29.8 Å². The third-order valence-electron chi connectivity index (χ3n) is 6.06. The molecule has 1 saturated carbocycles. The fourth-order valence-electron chi connectivity index (χ4n) is 4.06. The predicted molar refractivity (Wildman–Crippen MR) is 101 cm³/mol. The number of likely N-dealkylation sites (tertiary alicyclic amines) is 1. The highest BCUT2D eigenvalue weighted by Gasteiger charge is 2.41. The van der Waals surface area contributed by atoms with E-state index in [1.165, 1.54) is 0 Å². The van der Waals surface area contributed by atoms with Crippen LogP contribution in [0.15, 0.2) is 24.3 Å². The number of hydrogen-bond acceptors (Lipinski definition) is 4. The van der Waals surface area contributed by atoms with E-state index >= 15 is 0 Å². The van der Waals surface area contributed by atoms with Gasteiger partial charge in [-0.2, -0.15) is 0 Å². The summed E-state index contributed by atoms with van der Waals surface area (Å²) in [6.07, 6.45) is 4.53. The number of nitrogens with one attached hydrogen (secondary N) is 3. The van der Waals surface area contributed by atoms with E-state index in [0.717, 1.165) is 24.9 Å². The highest BCUT2D eigenvalue weighted by atomic mass is 16.2. The molecule has 2 atom stereocenters. The minimum atomic E-state index is -0.653. The molecule has 2 heterocycles. The zero-order valence-electron chi connectivity index (χ0n) is 15.6. The van der Waals surface area contributed by atoms with Gasteiger partial charge in [0, 0.05) is 31.1 Å². The van der Waals surface area contributed by atoms with Crippen molar-refractivity contribution in [3.8, 4) is 0 Å². The summed E-state index contributed by atoms with van der Waals surface area (Å²) in [6.45, 7) is 2.21. The first kappa shape index (κ1) is 17.8. The first-order valence-corrected chi connectivity index (χ1v) is 9.77. The van der Waals surface area contributed by atoms with E-state index in [1.807, 2.05) is 18.2 Å². The Labute approximate surface area is 158 Å². The normalized spacial score (nSPS) is 26.3. The van der Waals surface area contributed by atoms with E-state index in [4.69, 9.17) is 0 Å². The predicted octanol–water partition coefficient (Wildman–Crippen LogP) is 1.61. The molecule has 2 aliphatic heterocycles. The largest absolute Gasteiger partial charge is 0.362 e. The van der Waals surface area contributed by atoms with Crippen LogP contribution in [0.3, 0.4) is 0 Å². The molecule has 3 aliphatic rings. The Hall–Kier alpha value is -2.57. The molecule has 0 radical (unpaired) electrons. The number of anilines is 1. The molecule has 0 unspecified atom stereocenters. The van der Waals surface area contributed by atoms with Crippen LogP contribution < -0.4 is 16.0 Å². The van der Waals surface area contributed by atoms with Crippen LogP contribution in [0.4, 0.5) is 5.69 Å². The van der Waals surface area contributed by atoms with Gasteiger partial charge in [0.25, 0.3) is 5.91 Å². The molecule has 3 N–H and O–H groups in total. The van der Waals surface area contributed by atoms with Crippen LogP contribution in [0, 0.1) is 0 Å². The number of nitrogens with zero attached hydrogens (tertiary/aromatic N) is 1. The molecule has 1 aromatic rings. The van der Waals surface area contributed by atoms with Gasteiger partial charge in [-0.25, -0.2) is 0 Å². The summed E-state index contributed by atoms with van der Waals surface area (Å²) in [7, 11) is 0. The zero-order valence-corrected chi connectivity index (χ0v) is 15.6. The van der Waals surface area contributed by atoms with Gasteiger partial charge in [-0.15, -0.1) is 0 Å². The summed E-state index contributed by atoms with van der Waals surface area (Å²) in [6, 6.07) is 7.14. The van der Waals surface area contributed by atoms with Crippen molar-refractivity contribution < 1.29 is 14.4 Å². The van der Waals surface area contributed by atoms with Crippen molar-refractivity contribution in [2.45, 2.75) is 63.2 Å². The van der Waals surface area contributed by atoms with Gasteiger partial charge in [0.1, 0.15) is 11.7 Å². The van der Waals surface area contributed by atoms with E-state index in [-0.39, 0.29) is 30.2 Å². The number of rotatable bonds is 3. The third-order valence-corrected chi connectivity index (χ3v) is 6.06. The Morgan fingerprint density at radius 3 is 2.74 bits per heavy atom. The Balaban J connectivity index is 1.47. The Morgan fingerprint density at radius 2 is 2.00 bits per heavy atom. The molecule has 144 valence electrons. The lowest BCUT2D eigenvalue weighted by atomic mass is 9.93. The van der Waals surface area contributed by atoms with Gasteiger partial charge in [0.05, 0.1) is 5.56 Å². The molecule has 1 saturated heterocycles. The van der Waals surface area contributed by atoms with Crippen LogP contribution in [-0.2, 0) is 9.59 Å². The molecule has 0 aromatic heterocycles. The van der Waals surface area contributed by atoms with Crippen LogP contribution in [0.2, 0.25) is 0 Å². The van der Waals surface area contributed by atoms with Gasteiger partial charge >= 0.3 is 0 Å². The van der Waals surface area contributed by atoms with Crippen molar-refractivity contribution in [3.63, 3.8) is 0 Å². The third kappa shape index (κ3) is 3.38. The van der Waals surface area contributed by atoms with E-state index in [1.54, 1.807) is 17.9 Å². The molecule has 1 aromatic carbocycles. The number of benzene rings is 1. The second-order valence-corrected chi connectivity index (χ2v) is 7.86. The molecule has 4 rings (SSSR count). The first-order valence-electron chi connectivity index (χ1n) is 9.77. The molecular weight excluding hydrogens is 344 g/mol. The summed E-state index contributed by atoms with van der Waals surface area (Å²) >= 11 is 0. The monoisotopic (exact) mass is 370 g/mol. The average molecular weight is 370 g/mol. The summed E-state index contributed by atoms with van der Waals surface area (Å²) in [5.41, 5.74) is 0.752. The Morgan fingerprint density at radius 1 is 1.22 bits per heavy atom. The summed E-state index contributed by atoms with van der Waals surface area (Å²) in [5.74, 6) is -0.256. The maximum absolute atomic E-state index is 12.7. The zero-order chi connectivity index (χ0) is 19.0. The van der Waals surface area contributed by atoms with E-state index in [2.05, 4.69) is 16.0 Å². The quantitative estimate of drug-likeness (QED) is 0.754. The number of fused-ring (bicyclic) bond motifs is 1. The fraction of sp³-hybridized carbons (Fsp3) is 0.550. The lowest BCUT2D eigenvalue weighted by Crippen LogP contribution is -2.58. The number of amides is 3. The number of para-hydroxylation sites is 1. The molecule has 7 nitrogen and oxygen atoms in total. The fourth-order valence-corrected chi connectivity index (χ4v) is 4.06. The van der Waals surface area contributed by atoms with Crippen LogP contribution in [0.5, 0.6) is 0 Å². The summed E-state index contributed by atoms with van der Waals surface area (Å²) in [4.78, 5) is 39.4. The number of hydrogen-bond donors (Lipinski definition) is 3. The van der Waals surface area contributed by atoms with E-state index in [0.29, 0.717) is 24.9 Å². The van der Waals surface area contributed by atoms with Gasteiger partial charge in [0.15, 0.2) is 0 Å². The highest BCUT2D eigenvalue weighted by Crippen LogP contribution is 2.32. The van der Waals surface area contributed by atoms with E-state index < -0.39 is 11.7 Å². The molecule has 2 fully saturated rings. The number of carbonyl (C=O) groups is 3. The maximum Gasteiger partial charge on any atom is 0.255 e. The molecular formula is C20H26N4O3. The Kier molecular flexibility index (Phi) is 4.53. The molecule has 3 amide bonds. The topological polar surface area (TPSA) is 90.5 Å². The molecule has 0 bridgehead atoms. The second-order valence-electron chi connectivity index (χ2n) is 7.86. The van der Waals surface area contributed by atoms with Gasteiger partial charge in [-0.1, -0.05) is 12.1 Å². The van der Waals surface area contributed by atoms with Gasteiger partial charge < -0.3 is 20.9 Å². The van der Waals surface area contributed by atoms with Crippen LogP contribution >= 0.6 is 0 Å². The highest BCUT2D eigenvalue weighted by molar-refractivity contribution is 6.02. The standard InChI is InChI=1S/C20H26N4O3/c1-13(18(26)21-14-5-4-6-14)24-12-11-20(10-9-17(24)25)22-16-8-3-2-7-15(16)19(27)23-20/h2-3,7-8,13-14,22H,4-6,9-12H2,1H3,(H,21,26)(H,23,27)/t13-,20-/m0/s1. The van der Waals surface area contributed by atoms with Gasteiger partial charge in [0.2, 0.25) is 11.8 Å². The van der Waals surface area contributed by atoms with Crippen molar-refractivity contribution >= 4 is 23.4 Å². The maximum atomic E-state index is 12.7. The number of carbonyl (C=O) groups excluding carboxylic acids is 3. The smallest absolute Gasteiger partial charge is 0.255 e. The average Bonchev–Trinajstić information content (AvgIpc) is 2.77. The lowest BCUT2D eigenvalue weighted by molar-refractivity contribution is -0.139. The van der Waals surface area contributed by atoms with Crippen LogP contribution in [-0.4, -0.2) is 46.9 Å². The Bertz CT molecular complexity index is 776. The molecule has 1 spiro atoms.